The van der Waals surface area contributed by atoms with Crippen LogP contribution in [0.15, 0.2) is 24.3 Å². The predicted molar refractivity (Wildman–Crippen MR) is 90.9 cm³/mol. The number of aryl methyl sites for hydroxylation is 1. The maximum Gasteiger partial charge on any atom is 0.350 e. The van der Waals surface area contributed by atoms with E-state index in [0.717, 1.165) is 5.56 Å². The lowest BCUT2D eigenvalue weighted by Crippen LogP contribution is -2.33. The molecule has 0 bridgehead atoms. The summed E-state index contributed by atoms with van der Waals surface area (Å²) in [5.41, 5.74) is 1.40. The molecular weight excluding hydrogens is 336 g/mol. The number of carbonyl (C=O) groups is 2. The summed E-state index contributed by atoms with van der Waals surface area (Å²) in [6.07, 6.45) is 0. The molecule has 1 N–H and O–H groups in total. The van der Waals surface area contributed by atoms with Gasteiger partial charge in [-0.2, -0.15) is 0 Å². The fourth-order valence-corrected chi connectivity index (χ4v) is 3.04. The van der Waals surface area contributed by atoms with E-state index in [0.29, 0.717) is 20.6 Å². The molecule has 0 unspecified atom stereocenters. The first-order chi connectivity index (χ1) is 10.9. The van der Waals surface area contributed by atoms with Crippen LogP contribution in [-0.2, 0) is 9.53 Å². The van der Waals surface area contributed by atoms with E-state index >= 15 is 0 Å². The van der Waals surface area contributed by atoms with Crippen molar-refractivity contribution in [2.75, 3.05) is 6.61 Å². The van der Waals surface area contributed by atoms with Gasteiger partial charge in [0.1, 0.15) is 9.88 Å². The average molecular weight is 353 g/mol. The van der Waals surface area contributed by atoms with Crippen LogP contribution in [0.4, 0.5) is 0 Å². The molecule has 0 atom stereocenters. The van der Waals surface area contributed by atoms with Gasteiger partial charge in [-0.1, -0.05) is 23.7 Å². The lowest BCUT2D eigenvalue weighted by Gasteiger charge is -2.08. The summed E-state index contributed by atoms with van der Waals surface area (Å²) in [6.45, 7) is 5.10. The largest absolute Gasteiger partial charge is 0.451 e. The van der Waals surface area contributed by atoms with Gasteiger partial charge in [-0.25, -0.2) is 9.78 Å². The molecule has 1 aromatic heterocycles. The van der Waals surface area contributed by atoms with E-state index in [4.69, 9.17) is 16.3 Å². The van der Waals surface area contributed by atoms with Crippen molar-refractivity contribution in [3.05, 3.63) is 39.9 Å². The summed E-state index contributed by atoms with van der Waals surface area (Å²) in [4.78, 5) is 28.4. The highest BCUT2D eigenvalue weighted by Gasteiger charge is 2.19. The molecule has 23 heavy (non-hydrogen) atoms. The normalized spacial score (nSPS) is 10.7. The number of thiazole rings is 1. The second-order valence-corrected chi connectivity index (χ2v) is 6.68. The highest BCUT2D eigenvalue weighted by Crippen LogP contribution is 2.29. The van der Waals surface area contributed by atoms with Crippen LogP contribution < -0.4 is 5.32 Å². The summed E-state index contributed by atoms with van der Waals surface area (Å²) >= 11 is 7.19. The van der Waals surface area contributed by atoms with Crippen LogP contribution in [0.5, 0.6) is 0 Å². The molecule has 0 radical (unpaired) electrons. The Hall–Kier alpha value is -1.92. The molecule has 0 aliphatic heterocycles. The molecule has 1 amide bonds. The first-order valence-electron chi connectivity index (χ1n) is 7.06. The third-order valence-electron chi connectivity index (χ3n) is 2.84. The molecule has 7 heteroatoms. The monoisotopic (exact) mass is 352 g/mol. The second kappa shape index (κ2) is 7.57. The maximum atomic E-state index is 12.1. The van der Waals surface area contributed by atoms with E-state index in [2.05, 4.69) is 10.3 Å². The number of amides is 1. The van der Waals surface area contributed by atoms with Crippen LogP contribution in [0.25, 0.3) is 10.6 Å². The van der Waals surface area contributed by atoms with Crippen molar-refractivity contribution in [2.24, 2.45) is 0 Å². The van der Waals surface area contributed by atoms with Gasteiger partial charge in [0.25, 0.3) is 5.91 Å². The number of carbonyl (C=O) groups excluding carboxylic acids is 2. The molecule has 0 saturated heterocycles. The summed E-state index contributed by atoms with van der Waals surface area (Å²) in [6, 6.07) is 7.25. The number of aromatic nitrogens is 1. The van der Waals surface area contributed by atoms with Gasteiger partial charge in [0.05, 0.1) is 5.69 Å². The first kappa shape index (κ1) is 17.4. The zero-order valence-corrected chi connectivity index (χ0v) is 14.6. The smallest absolute Gasteiger partial charge is 0.350 e. The summed E-state index contributed by atoms with van der Waals surface area (Å²) in [5, 5.41) is 3.94. The molecule has 0 aliphatic carbocycles. The number of benzene rings is 1. The zero-order valence-electron chi connectivity index (χ0n) is 13.1. The maximum absolute atomic E-state index is 12.1. The van der Waals surface area contributed by atoms with Crippen molar-refractivity contribution < 1.29 is 14.3 Å². The van der Waals surface area contributed by atoms with E-state index in [1.165, 1.54) is 11.3 Å². The SMILES string of the molecule is Cc1nc(-c2cccc(Cl)c2)sc1C(=O)OCC(=O)NC(C)C. The topological polar surface area (TPSA) is 68.3 Å². The highest BCUT2D eigenvalue weighted by atomic mass is 35.5. The van der Waals surface area contributed by atoms with Crippen molar-refractivity contribution in [1.29, 1.82) is 0 Å². The van der Waals surface area contributed by atoms with Crippen LogP contribution in [-0.4, -0.2) is 29.5 Å². The molecule has 5 nitrogen and oxygen atoms in total. The Balaban J connectivity index is 2.09. The quantitative estimate of drug-likeness (QED) is 0.837. The number of halogens is 1. The molecule has 122 valence electrons. The third-order valence-corrected chi connectivity index (χ3v) is 4.26. The lowest BCUT2D eigenvalue weighted by atomic mass is 10.2. The number of nitrogens with zero attached hydrogens (tertiary/aromatic N) is 1. The van der Waals surface area contributed by atoms with Crippen LogP contribution in [0, 0.1) is 6.92 Å². The number of hydrogen-bond donors (Lipinski definition) is 1. The Morgan fingerprint density at radius 3 is 2.78 bits per heavy atom. The van der Waals surface area contributed by atoms with E-state index in [1.54, 1.807) is 19.1 Å². The summed E-state index contributed by atoms with van der Waals surface area (Å²) in [7, 11) is 0. The Morgan fingerprint density at radius 1 is 1.39 bits per heavy atom. The molecule has 1 heterocycles. The fourth-order valence-electron chi connectivity index (χ4n) is 1.89. The Kier molecular flexibility index (Phi) is 5.74. The number of ether oxygens (including phenoxy) is 1. The Labute approximate surface area is 143 Å². The van der Waals surface area contributed by atoms with Crippen LogP contribution in [0.1, 0.15) is 29.2 Å². The van der Waals surface area contributed by atoms with Crippen LogP contribution in [0.2, 0.25) is 5.02 Å². The zero-order chi connectivity index (χ0) is 17.0. The average Bonchev–Trinajstić information content (AvgIpc) is 2.86. The van der Waals surface area contributed by atoms with Gasteiger partial charge in [0, 0.05) is 16.6 Å². The van der Waals surface area contributed by atoms with E-state index in [-0.39, 0.29) is 18.6 Å². The van der Waals surface area contributed by atoms with Crippen molar-refractivity contribution in [2.45, 2.75) is 26.8 Å². The number of nitrogens with one attached hydrogen (secondary N) is 1. The second-order valence-electron chi connectivity index (χ2n) is 5.24. The lowest BCUT2D eigenvalue weighted by molar-refractivity contribution is -0.124. The number of esters is 1. The van der Waals surface area contributed by atoms with Gasteiger partial charge >= 0.3 is 5.97 Å². The molecule has 2 aromatic rings. The Bertz CT molecular complexity index is 728. The van der Waals surface area contributed by atoms with Gasteiger partial charge in [-0.15, -0.1) is 11.3 Å². The number of hydrogen-bond acceptors (Lipinski definition) is 5. The molecule has 0 saturated carbocycles. The molecule has 0 spiro atoms. The van der Waals surface area contributed by atoms with Crippen molar-refractivity contribution >= 4 is 34.8 Å². The molecule has 2 rings (SSSR count). The molecule has 0 fully saturated rings. The Morgan fingerprint density at radius 2 is 2.13 bits per heavy atom. The minimum atomic E-state index is -0.549. The molecular formula is C16H17ClN2O3S. The highest BCUT2D eigenvalue weighted by molar-refractivity contribution is 7.17. The van der Waals surface area contributed by atoms with Gasteiger partial charge in [0.15, 0.2) is 6.61 Å². The minimum Gasteiger partial charge on any atom is -0.451 e. The standard InChI is InChI=1S/C16H17ClN2O3S/c1-9(2)18-13(20)8-22-16(21)14-10(3)19-15(23-14)11-5-4-6-12(17)7-11/h4-7,9H,8H2,1-3H3,(H,18,20). The van der Waals surface area contributed by atoms with Crippen molar-refractivity contribution in [1.82, 2.24) is 10.3 Å². The van der Waals surface area contributed by atoms with Crippen molar-refractivity contribution in [3.63, 3.8) is 0 Å². The van der Waals surface area contributed by atoms with E-state index < -0.39 is 5.97 Å². The molecule has 1 aromatic carbocycles. The summed E-state index contributed by atoms with van der Waals surface area (Å²) < 4.78 is 5.04. The van der Waals surface area contributed by atoms with Gasteiger partial charge in [0.2, 0.25) is 0 Å². The van der Waals surface area contributed by atoms with Crippen LogP contribution >= 0.6 is 22.9 Å². The minimum absolute atomic E-state index is 0.000717. The van der Waals surface area contributed by atoms with Gasteiger partial charge in [-0.3, -0.25) is 4.79 Å². The van der Waals surface area contributed by atoms with E-state index in [1.807, 2.05) is 26.0 Å². The van der Waals surface area contributed by atoms with E-state index in [9.17, 15) is 9.59 Å². The van der Waals surface area contributed by atoms with Crippen molar-refractivity contribution in [3.8, 4) is 10.6 Å². The summed E-state index contributed by atoms with van der Waals surface area (Å²) in [5.74, 6) is -0.877. The van der Waals surface area contributed by atoms with Crippen LogP contribution in [0.3, 0.4) is 0 Å². The van der Waals surface area contributed by atoms with Gasteiger partial charge < -0.3 is 10.1 Å². The molecule has 0 aliphatic rings. The first-order valence-corrected chi connectivity index (χ1v) is 8.26. The third kappa shape index (κ3) is 4.77. The van der Waals surface area contributed by atoms with Gasteiger partial charge in [-0.05, 0) is 32.9 Å². The fraction of sp³-hybridized carbons (Fsp3) is 0.312. The predicted octanol–water partition coefficient (Wildman–Crippen LogP) is 3.45. The number of rotatable bonds is 5.